The zero-order valence-electron chi connectivity index (χ0n) is 13.3. The monoisotopic (exact) mass is 322 g/mol. The van der Waals surface area contributed by atoms with E-state index in [0.29, 0.717) is 17.0 Å². The van der Waals surface area contributed by atoms with Crippen molar-refractivity contribution >= 4 is 5.91 Å². The summed E-state index contributed by atoms with van der Waals surface area (Å²) < 4.78 is 1.56. The molecule has 122 valence electrons. The van der Waals surface area contributed by atoms with Gasteiger partial charge in [0.2, 0.25) is 0 Å². The number of aromatic nitrogens is 3. The number of nitrogens with zero attached hydrogens (tertiary/aromatic N) is 3. The van der Waals surface area contributed by atoms with E-state index in [1.807, 2.05) is 12.1 Å². The Labute approximate surface area is 139 Å². The van der Waals surface area contributed by atoms with Gasteiger partial charge in [0.25, 0.3) is 5.91 Å². The van der Waals surface area contributed by atoms with Gasteiger partial charge < -0.3 is 10.4 Å². The Morgan fingerprint density at radius 3 is 2.08 bits per heavy atom. The van der Waals surface area contributed by atoms with Crippen LogP contribution in [0.4, 0.5) is 0 Å². The number of hydrogen-bond acceptors (Lipinski definition) is 4. The molecule has 1 aromatic heterocycles. The van der Waals surface area contributed by atoms with Crippen molar-refractivity contribution in [3.63, 3.8) is 0 Å². The summed E-state index contributed by atoms with van der Waals surface area (Å²) in [5.41, 5.74) is -0.775. The van der Waals surface area contributed by atoms with E-state index in [0.717, 1.165) is 0 Å². The van der Waals surface area contributed by atoms with Crippen molar-refractivity contribution in [2.24, 2.45) is 7.05 Å². The molecule has 3 rings (SSSR count). The van der Waals surface area contributed by atoms with Crippen LogP contribution in [-0.4, -0.2) is 25.8 Å². The highest BCUT2D eigenvalue weighted by Gasteiger charge is 2.39. The molecule has 24 heavy (non-hydrogen) atoms. The molecule has 0 atom stereocenters. The molecule has 6 heteroatoms. The molecule has 0 unspecified atom stereocenters. The minimum atomic E-state index is -1.78. The highest BCUT2D eigenvalue weighted by Crippen LogP contribution is 2.29. The van der Waals surface area contributed by atoms with Crippen LogP contribution in [0.2, 0.25) is 0 Å². The Bertz CT molecular complexity index is 776. The van der Waals surface area contributed by atoms with E-state index in [2.05, 4.69) is 15.4 Å². The fourth-order valence-electron chi connectivity index (χ4n) is 2.54. The Hall–Kier alpha value is -2.99. The van der Waals surface area contributed by atoms with Gasteiger partial charge in [0.15, 0.2) is 11.4 Å². The fourth-order valence-corrected chi connectivity index (χ4v) is 2.54. The number of hydrogen-bond donors (Lipinski definition) is 2. The van der Waals surface area contributed by atoms with Crippen molar-refractivity contribution in [2.45, 2.75) is 12.1 Å². The topological polar surface area (TPSA) is 80.0 Å². The molecule has 2 aromatic carbocycles. The predicted octanol–water partition coefficient (Wildman–Crippen LogP) is 1.37. The molecule has 0 saturated carbocycles. The second-order valence-corrected chi connectivity index (χ2v) is 5.46. The summed E-state index contributed by atoms with van der Waals surface area (Å²) in [7, 11) is 1.75. The number of carbonyl (C=O) groups is 1. The standard InChI is InChI=1S/C18H18N4O2/c1-22-13-20-16(21-22)12-19-17(23)18(24,14-8-4-2-5-9-14)15-10-6-3-7-11-15/h2-11,13,24H,12H2,1H3,(H,19,23). The molecular weight excluding hydrogens is 304 g/mol. The molecule has 0 fully saturated rings. The predicted molar refractivity (Wildman–Crippen MR) is 88.7 cm³/mol. The number of amides is 1. The van der Waals surface area contributed by atoms with Gasteiger partial charge in [-0.2, -0.15) is 5.10 Å². The van der Waals surface area contributed by atoms with Gasteiger partial charge in [-0.15, -0.1) is 0 Å². The minimum absolute atomic E-state index is 0.141. The highest BCUT2D eigenvalue weighted by atomic mass is 16.3. The van der Waals surface area contributed by atoms with E-state index in [1.54, 1.807) is 66.6 Å². The van der Waals surface area contributed by atoms with Crippen molar-refractivity contribution in [3.8, 4) is 0 Å². The van der Waals surface area contributed by atoms with Gasteiger partial charge in [-0.1, -0.05) is 60.7 Å². The van der Waals surface area contributed by atoms with Crippen molar-refractivity contribution in [1.29, 1.82) is 0 Å². The van der Waals surface area contributed by atoms with Crippen LogP contribution in [0.15, 0.2) is 67.0 Å². The number of nitrogens with one attached hydrogen (secondary N) is 1. The number of aryl methyl sites for hydroxylation is 1. The van der Waals surface area contributed by atoms with Gasteiger partial charge in [-0.05, 0) is 11.1 Å². The molecule has 6 nitrogen and oxygen atoms in total. The third kappa shape index (κ3) is 3.04. The van der Waals surface area contributed by atoms with E-state index in [1.165, 1.54) is 0 Å². The lowest BCUT2D eigenvalue weighted by molar-refractivity contribution is -0.136. The summed E-state index contributed by atoms with van der Waals surface area (Å²) in [5.74, 6) is -0.0401. The molecular formula is C18H18N4O2. The largest absolute Gasteiger partial charge is 0.372 e. The maximum Gasteiger partial charge on any atom is 0.261 e. The summed E-state index contributed by atoms with van der Waals surface area (Å²) in [5, 5.41) is 18.1. The van der Waals surface area contributed by atoms with Crippen LogP contribution in [0.3, 0.4) is 0 Å². The van der Waals surface area contributed by atoms with Crippen LogP contribution in [-0.2, 0) is 24.0 Å². The fraction of sp³-hybridized carbons (Fsp3) is 0.167. The maximum atomic E-state index is 12.8. The second-order valence-electron chi connectivity index (χ2n) is 5.46. The van der Waals surface area contributed by atoms with E-state index in [4.69, 9.17) is 0 Å². The molecule has 0 aliphatic carbocycles. The molecule has 0 radical (unpaired) electrons. The van der Waals surface area contributed by atoms with Crippen molar-refractivity contribution in [3.05, 3.63) is 83.9 Å². The lowest BCUT2D eigenvalue weighted by Crippen LogP contribution is -2.45. The first-order chi connectivity index (χ1) is 11.6. The second kappa shape index (κ2) is 6.64. The summed E-state index contributed by atoms with van der Waals surface area (Å²) in [4.78, 5) is 16.9. The normalized spacial score (nSPS) is 11.2. The zero-order chi connectivity index (χ0) is 17.0. The number of benzene rings is 2. The summed E-state index contributed by atoms with van der Waals surface area (Å²) in [6.45, 7) is 0.141. The molecule has 2 N–H and O–H groups in total. The van der Waals surface area contributed by atoms with E-state index in [-0.39, 0.29) is 6.54 Å². The Kier molecular flexibility index (Phi) is 4.39. The molecule has 1 amide bonds. The quantitative estimate of drug-likeness (QED) is 0.743. The first-order valence-electron chi connectivity index (χ1n) is 7.57. The summed E-state index contributed by atoms with van der Waals surface area (Å²) in [6, 6.07) is 17.7. The smallest absolute Gasteiger partial charge is 0.261 e. The van der Waals surface area contributed by atoms with Crippen LogP contribution >= 0.6 is 0 Å². The highest BCUT2D eigenvalue weighted by molar-refractivity contribution is 5.90. The lowest BCUT2D eigenvalue weighted by atomic mass is 9.85. The third-order valence-corrected chi connectivity index (χ3v) is 3.77. The molecule has 0 saturated heterocycles. The van der Waals surface area contributed by atoms with Crippen LogP contribution < -0.4 is 5.32 Å². The zero-order valence-corrected chi connectivity index (χ0v) is 13.3. The van der Waals surface area contributed by atoms with Crippen LogP contribution in [0.5, 0.6) is 0 Å². The number of carbonyl (C=O) groups excluding carboxylic acids is 1. The van der Waals surface area contributed by atoms with Gasteiger partial charge >= 0.3 is 0 Å². The summed E-state index contributed by atoms with van der Waals surface area (Å²) >= 11 is 0. The van der Waals surface area contributed by atoms with Crippen molar-refractivity contribution < 1.29 is 9.90 Å². The molecule has 0 spiro atoms. The Balaban J connectivity index is 1.91. The van der Waals surface area contributed by atoms with E-state index in [9.17, 15) is 9.90 Å². The molecule has 3 aromatic rings. The average Bonchev–Trinajstić information content (AvgIpc) is 3.05. The SMILES string of the molecule is Cn1cnc(CNC(=O)C(O)(c2ccccc2)c2ccccc2)n1. The number of rotatable bonds is 5. The van der Waals surface area contributed by atoms with Crippen LogP contribution in [0.25, 0.3) is 0 Å². The number of aliphatic hydroxyl groups is 1. The van der Waals surface area contributed by atoms with E-state index < -0.39 is 11.5 Å². The van der Waals surface area contributed by atoms with Gasteiger partial charge in [0.1, 0.15) is 6.33 Å². The average molecular weight is 322 g/mol. The Morgan fingerprint density at radius 1 is 1.08 bits per heavy atom. The van der Waals surface area contributed by atoms with Gasteiger partial charge in [-0.3, -0.25) is 9.48 Å². The third-order valence-electron chi connectivity index (χ3n) is 3.77. The Morgan fingerprint density at radius 2 is 1.62 bits per heavy atom. The van der Waals surface area contributed by atoms with Gasteiger partial charge in [0.05, 0.1) is 6.54 Å². The molecule has 0 aliphatic rings. The summed E-state index contributed by atoms with van der Waals surface area (Å²) in [6.07, 6.45) is 1.56. The van der Waals surface area contributed by atoms with Gasteiger partial charge in [-0.25, -0.2) is 4.98 Å². The van der Waals surface area contributed by atoms with E-state index >= 15 is 0 Å². The van der Waals surface area contributed by atoms with Crippen LogP contribution in [0.1, 0.15) is 17.0 Å². The molecule has 0 aliphatic heterocycles. The minimum Gasteiger partial charge on any atom is -0.372 e. The van der Waals surface area contributed by atoms with Crippen molar-refractivity contribution in [2.75, 3.05) is 0 Å². The first kappa shape index (κ1) is 15.9. The van der Waals surface area contributed by atoms with Crippen molar-refractivity contribution in [1.82, 2.24) is 20.1 Å². The first-order valence-corrected chi connectivity index (χ1v) is 7.57. The molecule has 0 bridgehead atoms. The van der Waals surface area contributed by atoms with Crippen LogP contribution in [0, 0.1) is 0 Å². The lowest BCUT2D eigenvalue weighted by Gasteiger charge is -2.27. The molecule has 1 heterocycles. The van der Waals surface area contributed by atoms with Gasteiger partial charge in [0, 0.05) is 7.05 Å². The maximum absolute atomic E-state index is 12.8.